The summed E-state index contributed by atoms with van der Waals surface area (Å²) in [7, 11) is 3.18. The van der Waals surface area contributed by atoms with Crippen molar-refractivity contribution in [3.8, 4) is 6.01 Å². The van der Waals surface area contributed by atoms with Crippen LogP contribution in [0, 0.1) is 13.8 Å². The van der Waals surface area contributed by atoms with Crippen molar-refractivity contribution in [1.82, 2.24) is 9.55 Å². The van der Waals surface area contributed by atoms with Gasteiger partial charge in [-0.05, 0) is 19.4 Å². The zero-order chi connectivity index (χ0) is 11.2. The third kappa shape index (κ3) is 1.34. The Hall–Kier alpha value is -1.36. The van der Waals surface area contributed by atoms with Gasteiger partial charge in [-0.15, -0.1) is 11.3 Å². The molecule has 0 aliphatic rings. The first-order valence-corrected chi connectivity index (χ1v) is 5.38. The standard InChI is InChI=1S/C10H12N2O2S/c1-5-6(2)15-8-7(5)9(13)12(3)10(11-8)14-4/h1-4H3. The lowest BCUT2D eigenvalue weighted by atomic mass is 10.2. The molecule has 80 valence electrons. The molecule has 0 aliphatic heterocycles. The van der Waals surface area contributed by atoms with Gasteiger partial charge >= 0.3 is 0 Å². The van der Waals surface area contributed by atoms with Crippen LogP contribution in [-0.4, -0.2) is 16.7 Å². The van der Waals surface area contributed by atoms with Crippen molar-refractivity contribution in [3.63, 3.8) is 0 Å². The molecule has 0 amide bonds. The average Bonchev–Trinajstić information content (AvgIpc) is 2.49. The van der Waals surface area contributed by atoms with Gasteiger partial charge in [0.05, 0.1) is 12.5 Å². The van der Waals surface area contributed by atoms with E-state index in [4.69, 9.17) is 4.74 Å². The molecule has 2 heterocycles. The monoisotopic (exact) mass is 224 g/mol. The molecule has 2 aromatic rings. The molecule has 0 saturated heterocycles. The summed E-state index contributed by atoms with van der Waals surface area (Å²) >= 11 is 1.53. The zero-order valence-corrected chi connectivity index (χ0v) is 9.94. The summed E-state index contributed by atoms with van der Waals surface area (Å²) < 4.78 is 6.47. The van der Waals surface area contributed by atoms with Crippen molar-refractivity contribution >= 4 is 21.6 Å². The number of thiophene rings is 1. The van der Waals surface area contributed by atoms with E-state index in [9.17, 15) is 4.79 Å². The van der Waals surface area contributed by atoms with Crippen LogP contribution in [0.2, 0.25) is 0 Å². The van der Waals surface area contributed by atoms with E-state index in [0.717, 1.165) is 15.3 Å². The SMILES string of the molecule is COc1nc2sc(C)c(C)c2c(=O)n1C. The lowest BCUT2D eigenvalue weighted by Crippen LogP contribution is -2.19. The second-order valence-electron chi connectivity index (χ2n) is 3.43. The molecule has 2 rings (SSSR count). The van der Waals surface area contributed by atoms with Crippen LogP contribution in [0.5, 0.6) is 6.01 Å². The second-order valence-corrected chi connectivity index (χ2v) is 4.63. The van der Waals surface area contributed by atoms with Crippen LogP contribution < -0.4 is 10.3 Å². The molecule has 0 bridgehead atoms. The Morgan fingerprint density at radius 1 is 1.40 bits per heavy atom. The summed E-state index contributed by atoms with van der Waals surface area (Å²) in [5, 5.41) is 0.709. The molecule has 0 fully saturated rings. The number of hydrogen-bond donors (Lipinski definition) is 0. The molecule has 0 spiro atoms. The van der Waals surface area contributed by atoms with Gasteiger partial charge in [0.1, 0.15) is 4.83 Å². The van der Waals surface area contributed by atoms with Crippen molar-refractivity contribution in [3.05, 3.63) is 20.8 Å². The molecule has 0 radical (unpaired) electrons. The number of ether oxygens (including phenoxy) is 1. The maximum absolute atomic E-state index is 12.0. The van der Waals surface area contributed by atoms with E-state index in [2.05, 4.69) is 4.98 Å². The van der Waals surface area contributed by atoms with Crippen molar-refractivity contribution in [2.75, 3.05) is 7.11 Å². The minimum absolute atomic E-state index is 0.0429. The number of fused-ring (bicyclic) bond motifs is 1. The summed E-state index contributed by atoms with van der Waals surface area (Å²) in [6, 6.07) is 0.355. The minimum Gasteiger partial charge on any atom is -0.468 e. The van der Waals surface area contributed by atoms with Gasteiger partial charge < -0.3 is 4.74 Å². The van der Waals surface area contributed by atoms with Gasteiger partial charge in [0, 0.05) is 11.9 Å². The quantitative estimate of drug-likeness (QED) is 0.739. The predicted molar refractivity (Wildman–Crippen MR) is 60.9 cm³/mol. The molecule has 4 nitrogen and oxygen atoms in total. The molecule has 0 atom stereocenters. The van der Waals surface area contributed by atoms with Crippen LogP contribution in [0.4, 0.5) is 0 Å². The Kier molecular flexibility index (Phi) is 2.26. The molecule has 0 aliphatic carbocycles. The lowest BCUT2D eigenvalue weighted by Gasteiger charge is -2.04. The van der Waals surface area contributed by atoms with Crippen molar-refractivity contribution in [2.24, 2.45) is 7.05 Å². The van der Waals surface area contributed by atoms with Crippen LogP contribution in [0.15, 0.2) is 4.79 Å². The first-order chi connectivity index (χ1) is 7.06. The first kappa shape index (κ1) is 10.2. The number of aryl methyl sites for hydroxylation is 2. The Morgan fingerprint density at radius 3 is 2.67 bits per heavy atom. The van der Waals surface area contributed by atoms with E-state index in [0.29, 0.717) is 11.4 Å². The van der Waals surface area contributed by atoms with E-state index in [1.165, 1.54) is 23.0 Å². The summed E-state index contributed by atoms with van der Waals surface area (Å²) in [5.41, 5.74) is 0.976. The van der Waals surface area contributed by atoms with Gasteiger partial charge in [0.2, 0.25) is 0 Å². The normalized spacial score (nSPS) is 10.9. The summed E-state index contributed by atoms with van der Waals surface area (Å²) in [5.74, 6) is 0. The van der Waals surface area contributed by atoms with Crippen LogP contribution in [0.1, 0.15) is 10.4 Å². The summed E-state index contributed by atoms with van der Waals surface area (Å²) in [6.07, 6.45) is 0. The van der Waals surface area contributed by atoms with Crippen molar-refractivity contribution in [2.45, 2.75) is 13.8 Å². The molecule has 15 heavy (non-hydrogen) atoms. The van der Waals surface area contributed by atoms with Crippen LogP contribution in [-0.2, 0) is 7.05 Å². The third-order valence-electron chi connectivity index (χ3n) is 2.55. The highest BCUT2D eigenvalue weighted by atomic mass is 32.1. The van der Waals surface area contributed by atoms with Gasteiger partial charge in [-0.3, -0.25) is 9.36 Å². The van der Waals surface area contributed by atoms with Crippen LogP contribution in [0.25, 0.3) is 10.2 Å². The molecule has 5 heteroatoms. The molecule has 2 aromatic heterocycles. The Balaban J connectivity index is 2.98. The number of nitrogens with zero attached hydrogens (tertiary/aromatic N) is 2. The van der Waals surface area contributed by atoms with E-state index < -0.39 is 0 Å². The fourth-order valence-corrected chi connectivity index (χ4v) is 2.55. The Morgan fingerprint density at radius 2 is 2.07 bits per heavy atom. The maximum atomic E-state index is 12.0. The zero-order valence-electron chi connectivity index (χ0n) is 9.12. The smallest absolute Gasteiger partial charge is 0.300 e. The highest BCUT2D eigenvalue weighted by molar-refractivity contribution is 7.18. The highest BCUT2D eigenvalue weighted by Crippen LogP contribution is 2.27. The van der Waals surface area contributed by atoms with Crippen LogP contribution >= 0.6 is 11.3 Å². The lowest BCUT2D eigenvalue weighted by molar-refractivity contribution is 0.359. The number of methoxy groups -OCH3 is 1. The van der Waals surface area contributed by atoms with E-state index in [1.807, 2.05) is 13.8 Å². The number of rotatable bonds is 1. The summed E-state index contributed by atoms with van der Waals surface area (Å²) in [6.45, 7) is 3.94. The van der Waals surface area contributed by atoms with E-state index >= 15 is 0 Å². The third-order valence-corrected chi connectivity index (χ3v) is 3.65. The average molecular weight is 224 g/mol. The number of aromatic nitrogens is 2. The van der Waals surface area contributed by atoms with E-state index in [-0.39, 0.29) is 5.56 Å². The minimum atomic E-state index is -0.0429. The van der Waals surface area contributed by atoms with E-state index in [1.54, 1.807) is 7.05 Å². The van der Waals surface area contributed by atoms with Gasteiger partial charge in [-0.25, -0.2) is 0 Å². The molecule has 0 N–H and O–H groups in total. The van der Waals surface area contributed by atoms with Gasteiger partial charge in [-0.2, -0.15) is 4.98 Å². The molecule has 0 unspecified atom stereocenters. The van der Waals surface area contributed by atoms with Crippen LogP contribution in [0.3, 0.4) is 0 Å². The topological polar surface area (TPSA) is 44.1 Å². The summed E-state index contributed by atoms with van der Waals surface area (Å²) in [4.78, 5) is 18.2. The molecular weight excluding hydrogens is 212 g/mol. The molecular formula is C10H12N2O2S. The Labute approximate surface area is 91.1 Å². The maximum Gasteiger partial charge on any atom is 0.300 e. The molecule has 0 saturated carbocycles. The van der Waals surface area contributed by atoms with Gasteiger partial charge in [0.25, 0.3) is 11.6 Å². The predicted octanol–water partition coefficient (Wildman–Crippen LogP) is 1.62. The second kappa shape index (κ2) is 3.34. The Bertz CT molecular complexity index is 583. The fraction of sp³-hybridized carbons (Fsp3) is 0.400. The fourth-order valence-electron chi connectivity index (χ4n) is 1.54. The van der Waals surface area contributed by atoms with Gasteiger partial charge in [0.15, 0.2) is 0 Å². The van der Waals surface area contributed by atoms with Crippen molar-refractivity contribution < 1.29 is 4.74 Å². The highest BCUT2D eigenvalue weighted by Gasteiger charge is 2.14. The molecule has 0 aromatic carbocycles. The largest absolute Gasteiger partial charge is 0.468 e. The van der Waals surface area contributed by atoms with Crippen molar-refractivity contribution in [1.29, 1.82) is 0 Å². The van der Waals surface area contributed by atoms with Gasteiger partial charge in [-0.1, -0.05) is 0 Å². The first-order valence-electron chi connectivity index (χ1n) is 4.57. The number of hydrogen-bond acceptors (Lipinski definition) is 4.